The summed E-state index contributed by atoms with van der Waals surface area (Å²) in [5.74, 6) is 0.911. The topological polar surface area (TPSA) is 56.2 Å². The molecule has 0 saturated heterocycles. The van der Waals surface area contributed by atoms with Gasteiger partial charge in [-0.1, -0.05) is 30.3 Å². The Bertz CT molecular complexity index is 656. The minimum atomic E-state index is 0.644. The van der Waals surface area contributed by atoms with Gasteiger partial charge in [-0.2, -0.15) is 5.10 Å². The molecular formula is C14H16N4S. The molecule has 2 aromatic heterocycles. The van der Waals surface area contributed by atoms with Crippen LogP contribution in [0.2, 0.25) is 0 Å². The highest BCUT2D eigenvalue weighted by molar-refractivity contribution is 7.15. The van der Waals surface area contributed by atoms with Crippen molar-refractivity contribution in [2.24, 2.45) is 5.73 Å². The zero-order chi connectivity index (χ0) is 13.1. The van der Waals surface area contributed by atoms with Gasteiger partial charge in [0.2, 0.25) is 4.96 Å². The van der Waals surface area contributed by atoms with Gasteiger partial charge in [-0.15, -0.1) is 11.3 Å². The molecule has 0 amide bonds. The van der Waals surface area contributed by atoms with E-state index < -0.39 is 0 Å². The molecule has 0 aliphatic heterocycles. The van der Waals surface area contributed by atoms with Gasteiger partial charge in [-0.25, -0.2) is 9.50 Å². The Kier molecular flexibility index (Phi) is 3.57. The van der Waals surface area contributed by atoms with Crippen LogP contribution in [0.25, 0.3) is 4.96 Å². The largest absolute Gasteiger partial charge is 0.330 e. The number of aryl methyl sites for hydroxylation is 2. The first-order valence-electron chi connectivity index (χ1n) is 6.43. The molecular weight excluding hydrogens is 256 g/mol. The van der Waals surface area contributed by atoms with Crippen molar-refractivity contribution in [2.45, 2.75) is 19.3 Å². The van der Waals surface area contributed by atoms with Gasteiger partial charge >= 0.3 is 0 Å². The van der Waals surface area contributed by atoms with Crippen LogP contribution in [0.4, 0.5) is 0 Å². The summed E-state index contributed by atoms with van der Waals surface area (Å²) < 4.78 is 1.93. The molecule has 0 saturated carbocycles. The minimum absolute atomic E-state index is 0.644. The highest BCUT2D eigenvalue weighted by Gasteiger charge is 2.09. The zero-order valence-corrected chi connectivity index (χ0v) is 11.4. The number of aromatic nitrogens is 3. The highest BCUT2D eigenvalue weighted by atomic mass is 32.1. The molecule has 0 spiro atoms. The number of nitrogens with two attached hydrogens (primary N) is 1. The van der Waals surface area contributed by atoms with Gasteiger partial charge < -0.3 is 5.73 Å². The van der Waals surface area contributed by atoms with E-state index in [0.717, 1.165) is 35.7 Å². The maximum atomic E-state index is 5.60. The maximum Gasteiger partial charge on any atom is 0.212 e. The Hall–Kier alpha value is -1.72. The fraction of sp³-hybridized carbons (Fsp3) is 0.286. The van der Waals surface area contributed by atoms with Crippen LogP contribution >= 0.6 is 11.3 Å². The van der Waals surface area contributed by atoms with E-state index in [1.807, 2.05) is 10.6 Å². The van der Waals surface area contributed by atoms with Crippen molar-refractivity contribution in [3.63, 3.8) is 0 Å². The zero-order valence-electron chi connectivity index (χ0n) is 10.6. The molecule has 0 radical (unpaired) electrons. The molecule has 0 aliphatic carbocycles. The molecule has 4 nitrogen and oxygen atoms in total. The SMILES string of the molecule is NCCc1csc2nc(CCc3ccccc3)nn12. The molecule has 2 heterocycles. The second kappa shape index (κ2) is 5.50. The Morgan fingerprint density at radius 3 is 2.74 bits per heavy atom. The summed E-state index contributed by atoms with van der Waals surface area (Å²) in [4.78, 5) is 5.52. The molecule has 98 valence electrons. The van der Waals surface area contributed by atoms with Crippen LogP contribution in [0.1, 0.15) is 17.1 Å². The van der Waals surface area contributed by atoms with Crippen molar-refractivity contribution in [3.05, 3.63) is 52.8 Å². The summed E-state index contributed by atoms with van der Waals surface area (Å²) in [6, 6.07) is 10.4. The molecule has 5 heteroatoms. The third-order valence-corrected chi connectivity index (χ3v) is 3.94. The number of fused-ring (bicyclic) bond motifs is 1. The molecule has 1 aromatic carbocycles. The fourth-order valence-electron chi connectivity index (χ4n) is 2.09. The average Bonchev–Trinajstić information content (AvgIpc) is 3.00. The molecule has 19 heavy (non-hydrogen) atoms. The third-order valence-electron chi connectivity index (χ3n) is 3.07. The number of nitrogens with zero attached hydrogens (tertiary/aromatic N) is 3. The monoisotopic (exact) mass is 272 g/mol. The summed E-state index contributed by atoms with van der Waals surface area (Å²) in [6.45, 7) is 0.644. The van der Waals surface area contributed by atoms with Crippen LogP contribution in [0, 0.1) is 0 Å². The van der Waals surface area contributed by atoms with Gasteiger partial charge in [0.15, 0.2) is 5.82 Å². The van der Waals surface area contributed by atoms with Gasteiger partial charge in [-0.3, -0.25) is 0 Å². The lowest BCUT2D eigenvalue weighted by Crippen LogP contribution is -2.05. The molecule has 0 bridgehead atoms. The standard InChI is InChI=1S/C14H16N4S/c15-9-8-12-10-19-14-16-13(17-18(12)14)7-6-11-4-2-1-3-5-11/h1-5,10H,6-9,15H2. The van der Waals surface area contributed by atoms with E-state index in [4.69, 9.17) is 5.73 Å². The van der Waals surface area contributed by atoms with Crippen molar-refractivity contribution in [1.82, 2.24) is 14.6 Å². The summed E-state index contributed by atoms with van der Waals surface area (Å²) >= 11 is 1.63. The van der Waals surface area contributed by atoms with E-state index in [9.17, 15) is 0 Å². The molecule has 0 fully saturated rings. The predicted octanol–water partition coefficient (Wildman–Crippen LogP) is 2.08. The summed E-state index contributed by atoms with van der Waals surface area (Å²) in [6.07, 6.45) is 2.70. The van der Waals surface area contributed by atoms with E-state index in [-0.39, 0.29) is 0 Å². The fourth-order valence-corrected chi connectivity index (χ4v) is 2.97. The Labute approximate surface area is 115 Å². The number of rotatable bonds is 5. The summed E-state index contributed by atoms with van der Waals surface area (Å²) in [7, 11) is 0. The molecule has 0 atom stereocenters. The van der Waals surface area contributed by atoms with E-state index in [1.54, 1.807) is 11.3 Å². The van der Waals surface area contributed by atoms with Crippen molar-refractivity contribution < 1.29 is 0 Å². The van der Waals surface area contributed by atoms with Gasteiger partial charge in [0, 0.05) is 18.2 Å². The number of hydrogen-bond donors (Lipinski definition) is 1. The Balaban J connectivity index is 1.75. The first-order chi connectivity index (χ1) is 9.36. The lowest BCUT2D eigenvalue weighted by molar-refractivity contribution is 0.797. The van der Waals surface area contributed by atoms with Crippen molar-refractivity contribution in [1.29, 1.82) is 0 Å². The van der Waals surface area contributed by atoms with Gasteiger partial charge in [-0.05, 0) is 18.5 Å². The number of benzene rings is 1. The van der Waals surface area contributed by atoms with E-state index >= 15 is 0 Å². The van der Waals surface area contributed by atoms with Crippen molar-refractivity contribution in [3.8, 4) is 0 Å². The lowest BCUT2D eigenvalue weighted by atomic mass is 10.1. The molecule has 0 unspecified atom stereocenters. The molecule has 3 aromatic rings. The molecule has 3 rings (SSSR count). The van der Waals surface area contributed by atoms with Crippen LogP contribution in [0.15, 0.2) is 35.7 Å². The molecule has 2 N–H and O–H groups in total. The average molecular weight is 272 g/mol. The normalized spacial score (nSPS) is 11.2. The Morgan fingerprint density at radius 2 is 1.95 bits per heavy atom. The third kappa shape index (κ3) is 2.67. The minimum Gasteiger partial charge on any atom is -0.330 e. The van der Waals surface area contributed by atoms with Gasteiger partial charge in [0.25, 0.3) is 0 Å². The highest BCUT2D eigenvalue weighted by Crippen LogP contribution is 2.15. The van der Waals surface area contributed by atoms with Crippen molar-refractivity contribution in [2.75, 3.05) is 6.54 Å². The number of thiazole rings is 1. The van der Waals surface area contributed by atoms with Gasteiger partial charge in [0.1, 0.15) is 0 Å². The van der Waals surface area contributed by atoms with Crippen LogP contribution in [-0.4, -0.2) is 21.1 Å². The summed E-state index contributed by atoms with van der Waals surface area (Å²) in [5.41, 5.74) is 8.07. The van der Waals surface area contributed by atoms with Crippen LogP contribution < -0.4 is 5.73 Å². The smallest absolute Gasteiger partial charge is 0.212 e. The maximum absolute atomic E-state index is 5.60. The first kappa shape index (κ1) is 12.3. The van der Waals surface area contributed by atoms with Gasteiger partial charge in [0.05, 0.1) is 5.69 Å². The van der Waals surface area contributed by atoms with Crippen LogP contribution in [-0.2, 0) is 19.3 Å². The first-order valence-corrected chi connectivity index (χ1v) is 7.31. The second-order valence-electron chi connectivity index (χ2n) is 4.47. The van der Waals surface area contributed by atoms with Crippen LogP contribution in [0.5, 0.6) is 0 Å². The van der Waals surface area contributed by atoms with E-state index in [2.05, 4.69) is 39.7 Å². The number of hydrogen-bond acceptors (Lipinski definition) is 4. The van der Waals surface area contributed by atoms with E-state index in [0.29, 0.717) is 6.54 Å². The quantitative estimate of drug-likeness (QED) is 0.773. The Morgan fingerprint density at radius 1 is 1.11 bits per heavy atom. The summed E-state index contributed by atoms with van der Waals surface area (Å²) in [5, 5.41) is 6.65. The lowest BCUT2D eigenvalue weighted by Gasteiger charge is -1.97. The second-order valence-corrected chi connectivity index (χ2v) is 5.31. The molecule has 0 aliphatic rings. The predicted molar refractivity (Wildman–Crippen MR) is 77.5 cm³/mol. The van der Waals surface area contributed by atoms with E-state index in [1.165, 1.54) is 5.56 Å². The van der Waals surface area contributed by atoms with Crippen molar-refractivity contribution >= 4 is 16.3 Å². The van der Waals surface area contributed by atoms with Crippen LogP contribution in [0.3, 0.4) is 0 Å².